The van der Waals surface area contributed by atoms with Crippen LogP contribution in [0.1, 0.15) is 45.4 Å². The molecule has 1 atom stereocenters. The number of carbonyl (C=O) groups is 1. The lowest BCUT2D eigenvalue weighted by Crippen LogP contribution is -2.51. The average Bonchev–Trinajstić information content (AvgIpc) is 2.54. The van der Waals surface area contributed by atoms with Gasteiger partial charge in [-0.1, -0.05) is 26.2 Å². The Balaban J connectivity index is 1.73. The number of amides is 1. The molecule has 1 unspecified atom stereocenters. The van der Waals surface area contributed by atoms with Gasteiger partial charge in [-0.25, -0.2) is 0 Å². The van der Waals surface area contributed by atoms with Gasteiger partial charge in [0.05, 0.1) is 12.7 Å². The van der Waals surface area contributed by atoms with E-state index >= 15 is 0 Å². The molecule has 1 saturated heterocycles. The van der Waals surface area contributed by atoms with Crippen LogP contribution in [0.25, 0.3) is 0 Å². The van der Waals surface area contributed by atoms with Gasteiger partial charge in [-0.3, -0.25) is 9.69 Å². The van der Waals surface area contributed by atoms with Crippen LogP contribution in [0, 0.1) is 0 Å². The van der Waals surface area contributed by atoms with E-state index in [1.54, 1.807) is 0 Å². The van der Waals surface area contributed by atoms with E-state index in [9.17, 15) is 4.79 Å². The first kappa shape index (κ1) is 16.7. The van der Waals surface area contributed by atoms with Gasteiger partial charge in [0, 0.05) is 31.6 Å². The van der Waals surface area contributed by atoms with Crippen LogP contribution in [-0.2, 0) is 9.53 Å². The fraction of sp³-hybridized carbons (Fsp3) is 0.938. The molecule has 5 nitrogen and oxygen atoms in total. The van der Waals surface area contributed by atoms with Crippen LogP contribution >= 0.6 is 0 Å². The van der Waals surface area contributed by atoms with E-state index in [2.05, 4.69) is 22.5 Å². The van der Waals surface area contributed by atoms with Crippen LogP contribution in [0.5, 0.6) is 0 Å². The molecule has 2 fully saturated rings. The van der Waals surface area contributed by atoms with Crippen LogP contribution in [0.3, 0.4) is 0 Å². The lowest BCUT2D eigenvalue weighted by molar-refractivity contribution is -0.124. The quantitative estimate of drug-likeness (QED) is 0.772. The summed E-state index contributed by atoms with van der Waals surface area (Å²) in [5.41, 5.74) is 0.0191. The van der Waals surface area contributed by atoms with Crippen molar-refractivity contribution in [1.29, 1.82) is 0 Å². The van der Waals surface area contributed by atoms with Gasteiger partial charge in [0.15, 0.2) is 0 Å². The van der Waals surface area contributed by atoms with Crippen molar-refractivity contribution in [1.82, 2.24) is 15.5 Å². The fourth-order valence-corrected chi connectivity index (χ4v) is 3.53. The normalized spacial score (nSPS) is 26.5. The molecule has 1 aliphatic carbocycles. The van der Waals surface area contributed by atoms with Crippen molar-refractivity contribution in [3.8, 4) is 0 Å². The minimum absolute atomic E-state index is 0.0191. The Hall–Kier alpha value is -0.650. The molecule has 0 bridgehead atoms. The van der Waals surface area contributed by atoms with Crippen molar-refractivity contribution in [2.45, 2.75) is 57.1 Å². The number of morpholine rings is 1. The molecular weight excluding hydrogens is 266 g/mol. The van der Waals surface area contributed by atoms with E-state index in [4.69, 9.17) is 4.74 Å². The Kier molecular flexibility index (Phi) is 6.45. The van der Waals surface area contributed by atoms with Gasteiger partial charge >= 0.3 is 0 Å². The third-order valence-corrected chi connectivity index (χ3v) is 5.04. The summed E-state index contributed by atoms with van der Waals surface area (Å²) in [5.74, 6) is 0.156. The molecule has 0 aromatic rings. The van der Waals surface area contributed by atoms with E-state index in [1.807, 2.05) is 7.05 Å². The molecule has 21 heavy (non-hydrogen) atoms. The third-order valence-electron chi connectivity index (χ3n) is 5.04. The van der Waals surface area contributed by atoms with E-state index in [1.165, 1.54) is 19.3 Å². The smallest absolute Gasteiger partial charge is 0.221 e. The van der Waals surface area contributed by atoms with Gasteiger partial charge in [-0.15, -0.1) is 0 Å². The van der Waals surface area contributed by atoms with Crippen LogP contribution in [0.2, 0.25) is 0 Å². The van der Waals surface area contributed by atoms with Crippen molar-refractivity contribution >= 4 is 5.91 Å². The van der Waals surface area contributed by atoms with E-state index in [0.29, 0.717) is 13.0 Å². The molecule has 2 rings (SSSR count). The van der Waals surface area contributed by atoms with E-state index in [-0.39, 0.29) is 17.6 Å². The summed E-state index contributed by atoms with van der Waals surface area (Å²) >= 11 is 0. The first-order chi connectivity index (χ1) is 10.2. The molecule has 0 aromatic heterocycles. The van der Waals surface area contributed by atoms with Gasteiger partial charge in [-0.2, -0.15) is 0 Å². The van der Waals surface area contributed by atoms with Gasteiger partial charge < -0.3 is 15.4 Å². The zero-order valence-corrected chi connectivity index (χ0v) is 13.6. The number of nitrogens with zero attached hydrogens (tertiary/aromatic N) is 1. The van der Waals surface area contributed by atoms with Crippen molar-refractivity contribution in [3.63, 3.8) is 0 Å². The van der Waals surface area contributed by atoms with Crippen molar-refractivity contribution in [3.05, 3.63) is 0 Å². The molecule has 1 amide bonds. The summed E-state index contributed by atoms with van der Waals surface area (Å²) in [6.45, 7) is 6.55. The molecule has 2 N–H and O–H groups in total. The molecule has 0 radical (unpaired) electrons. The molecule has 0 spiro atoms. The predicted molar refractivity (Wildman–Crippen MR) is 84.4 cm³/mol. The van der Waals surface area contributed by atoms with Gasteiger partial charge in [-0.05, 0) is 26.4 Å². The first-order valence-electron chi connectivity index (χ1n) is 8.47. The zero-order valence-electron chi connectivity index (χ0n) is 13.6. The second-order valence-corrected chi connectivity index (χ2v) is 6.46. The number of likely N-dealkylation sites (N-methyl/N-ethyl adjacent to an activating group) is 1. The monoisotopic (exact) mass is 297 g/mol. The maximum atomic E-state index is 12.2. The van der Waals surface area contributed by atoms with Crippen molar-refractivity contribution < 1.29 is 9.53 Å². The lowest BCUT2D eigenvalue weighted by Gasteiger charge is -2.37. The largest absolute Gasteiger partial charge is 0.374 e. The topological polar surface area (TPSA) is 53.6 Å². The van der Waals surface area contributed by atoms with E-state index in [0.717, 1.165) is 39.1 Å². The summed E-state index contributed by atoms with van der Waals surface area (Å²) in [6, 6.07) is 0. The highest BCUT2D eigenvalue weighted by molar-refractivity contribution is 5.77. The molecule has 0 aromatic carbocycles. The number of ether oxygens (including phenoxy) is 1. The highest BCUT2D eigenvalue weighted by atomic mass is 16.5. The number of rotatable bonds is 6. The van der Waals surface area contributed by atoms with E-state index < -0.39 is 0 Å². The van der Waals surface area contributed by atoms with Gasteiger partial charge in [0.25, 0.3) is 0 Å². The number of hydrogen-bond donors (Lipinski definition) is 2. The summed E-state index contributed by atoms with van der Waals surface area (Å²) in [7, 11) is 1.99. The summed E-state index contributed by atoms with van der Waals surface area (Å²) in [4.78, 5) is 14.6. The van der Waals surface area contributed by atoms with Crippen LogP contribution in [0.15, 0.2) is 0 Å². The number of nitrogens with one attached hydrogen (secondary N) is 2. The summed E-state index contributed by atoms with van der Waals surface area (Å²) in [6.07, 6.45) is 6.71. The molecule has 1 aliphatic heterocycles. The Morgan fingerprint density at radius 2 is 2.10 bits per heavy atom. The highest BCUT2D eigenvalue weighted by Gasteiger charge is 2.32. The third kappa shape index (κ3) is 4.94. The Bertz CT molecular complexity index is 329. The van der Waals surface area contributed by atoms with Gasteiger partial charge in [0.2, 0.25) is 5.91 Å². The van der Waals surface area contributed by atoms with Crippen LogP contribution in [-0.4, -0.2) is 62.3 Å². The fourth-order valence-electron chi connectivity index (χ4n) is 3.53. The van der Waals surface area contributed by atoms with Gasteiger partial charge in [0.1, 0.15) is 0 Å². The first-order valence-corrected chi connectivity index (χ1v) is 8.47. The zero-order chi connectivity index (χ0) is 15.1. The summed E-state index contributed by atoms with van der Waals surface area (Å²) in [5, 5.41) is 6.47. The minimum Gasteiger partial charge on any atom is -0.374 e. The molecule has 5 heteroatoms. The Morgan fingerprint density at radius 1 is 1.33 bits per heavy atom. The van der Waals surface area contributed by atoms with Crippen molar-refractivity contribution in [2.24, 2.45) is 0 Å². The predicted octanol–water partition coefficient (Wildman–Crippen LogP) is 1.14. The highest BCUT2D eigenvalue weighted by Crippen LogP contribution is 2.30. The molecule has 1 saturated carbocycles. The Labute approximate surface area is 128 Å². The second kappa shape index (κ2) is 8.11. The van der Waals surface area contributed by atoms with Crippen molar-refractivity contribution in [2.75, 3.05) is 39.8 Å². The molecule has 1 heterocycles. The average molecular weight is 297 g/mol. The number of carbonyl (C=O) groups excluding carboxylic acids is 1. The molecule has 122 valence electrons. The molecular formula is C16H31N3O2. The van der Waals surface area contributed by atoms with Crippen LogP contribution in [0.4, 0.5) is 0 Å². The minimum atomic E-state index is 0.0191. The maximum absolute atomic E-state index is 12.2. The molecule has 2 aliphatic rings. The van der Waals surface area contributed by atoms with Crippen LogP contribution < -0.4 is 10.6 Å². The SMILES string of the molecule is CCN1CCOC(CNC(=O)CC2(NC)CCCCC2)C1. The Morgan fingerprint density at radius 3 is 2.76 bits per heavy atom. The summed E-state index contributed by atoms with van der Waals surface area (Å²) < 4.78 is 5.73. The number of hydrogen-bond acceptors (Lipinski definition) is 4. The standard InChI is InChI=1S/C16H31N3O2/c1-3-19-9-10-21-14(13-19)12-18-15(20)11-16(17-2)7-5-4-6-8-16/h14,17H,3-13H2,1-2H3,(H,18,20). The second-order valence-electron chi connectivity index (χ2n) is 6.46. The lowest BCUT2D eigenvalue weighted by atomic mass is 9.79. The maximum Gasteiger partial charge on any atom is 0.221 e.